The number of fused-ring (bicyclic) bond motifs is 1. The minimum atomic E-state index is 0.0856. The van der Waals surface area contributed by atoms with Gasteiger partial charge in [0.1, 0.15) is 12.9 Å². The van der Waals surface area contributed by atoms with Gasteiger partial charge in [-0.05, 0) is 6.42 Å². The number of carbonyl (C=O) groups excluding carboxylic acids is 1. The molecule has 0 saturated carbocycles. The quantitative estimate of drug-likeness (QED) is 0.770. The minimum Gasteiger partial charge on any atom is -0.368 e. The summed E-state index contributed by atoms with van der Waals surface area (Å²) in [5.41, 5.74) is 1.13. The summed E-state index contributed by atoms with van der Waals surface area (Å²) in [7, 11) is 1.86. The summed E-state index contributed by atoms with van der Waals surface area (Å²) in [5, 5.41) is 0. The van der Waals surface area contributed by atoms with Crippen LogP contribution in [0.25, 0.3) is 0 Å². The lowest BCUT2D eigenvalue weighted by atomic mass is 9.94. The molecule has 3 heterocycles. The van der Waals surface area contributed by atoms with Gasteiger partial charge in [0.2, 0.25) is 5.91 Å². The van der Waals surface area contributed by atoms with E-state index in [2.05, 4.69) is 14.9 Å². The third-order valence-corrected chi connectivity index (χ3v) is 4.12. The molecule has 20 heavy (non-hydrogen) atoms. The topological polar surface area (TPSA) is 58.6 Å². The molecular weight excluding hydrogens is 256 g/mol. The van der Waals surface area contributed by atoms with E-state index >= 15 is 0 Å². The number of carbonyl (C=O) groups is 1. The Kier molecular flexibility index (Phi) is 3.93. The number of likely N-dealkylation sites (N-methyl/N-ethyl adjacent to an activating group) is 1. The van der Waals surface area contributed by atoms with Crippen molar-refractivity contribution in [1.82, 2.24) is 19.8 Å². The predicted molar refractivity (Wildman–Crippen MR) is 72.8 cm³/mol. The number of ether oxygens (including phenoxy) is 1. The summed E-state index contributed by atoms with van der Waals surface area (Å²) < 4.78 is 5.75. The molecule has 1 aromatic rings. The molecule has 0 radical (unpaired) electrons. The second kappa shape index (κ2) is 5.85. The highest BCUT2D eigenvalue weighted by Crippen LogP contribution is 2.24. The van der Waals surface area contributed by atoms with Crippen LogP contribution in [0.1, 0.15) is 12.0 Å². The Morgan fingerprint density at radius 3 is 2.95 bits per heavy atom. The van der Waals surface area contributed by atoms with Crippen LogP contribution < -0.4 is 0 Å². The Bertz CT molecular complexity index is 468. The van der Waals surface area contributed by atoms with Gasteiger partial charge in [-0.1, -0.05) is 0 Å². The summed E-state index contributed by atoms with van der Waals surface area (Å²) in [5.74, 6) is 0.479. The van der Waals surface area contributed by atoms with Gasteiger partial charge in [0.25, 0.3) is 0 Å². The summed E-state index contributed by atoms with van der Waals surface area (Å²) >= 11 is 0. The number of piperidine rings is 1. The van der Waals surface area contributed by atoms with Crippen LogP contribution >= 0.6 is 0 Å². The number of amides is 1. The fraction of sp³-hybridized carbons (Fsp3) is 0.643. The van der Waals surface area contributed by atoms with Crippen molar-refractivity contribution in [2.45, 2.75) is 19.1 Å². The molecule has 0 unspecified atom stereocenters. The van der Waals surface area contributed by atoms with E-state index in [9.17, 15) is 4.79 Å². The molecule has 0 N–H and O–H groups in total. The van der Waals surface area contributed by atoms with Gasteiger partial charge in [0.15, 0.2) is 0 Å². The van der Waals surface area contributed by atoms with Gasteiger partial charge in [-0.15, -0.1) is 0 Å². The SMILES string of the molecule is CN1C[C@H]2CN(Cc3cncnc3)CC[C@@H]2OCC1=O. The Balaban J connectivity index is 1.63. The fourth-order valence-electron chi connectivity index (χ4n) is 3.04. The first-order valence-corrected chi connectivity index (χ1v) is 7.04. The van der Waals surface area contributed by atoms with Gasteiger partial charge in [0, 0.05) is 57.1 Å². The normalized spacial score (nSPS) is 28.1. The number of aromatic nitrogens is 2. The molecule has 1 aromatic heterocycles. The number of likely N-dealkylation sites (tertiary alicyclic amines) is 1. The first-order valence-electron chi connectivity index (χ1n) is 7.04. The molecular formula is C14H20N4O2. The second-order valence-corrected chi connectivity index (χ2v) is 5.65. The van der Waals surface area contributed by atoms with Crippen LogP contribution in [0.3, 0.4) is 0 Å². The zero-order valence-electron chi connectivity index (χ0n) is 11.7. The molecule has 2 atom stereocenters. The van der Waals surface area contributed by atoms with Crippen LogP contribution in [0, 0.1) is 5.92 Å². The van der Waals surface area contributed by atoms with Gasteiger partial charge in [-0.25, -0.2) is 9.97 Å². The van der Waals surface area contributed by atoms with Gasteiger partial charge >= 0.3 is 0 Å². The maximum Gasteiger partial charge on any atom is 0.248 e. The van der Waals surface area contributed by atoms with E-state index in [1.807, 2.05) is 19.4 Å². The smallest absolute Gasteiger partial charge is 0.248 e. The van der Waals surface area contributed by atoms with E-state index in [0.717, 1.165) is 38.2 Å². The molecule has 6 nitrogen and oxygen atoms in total. The van der Waals surface area contributed by atoms with Crippen molar-refractivity contribution in [3.8, 4) is 0 Å². The van der Waals surface area contributed by atoms with Crippen LogP contribution in [0.5, 0.6) is 0 Å². The van der Waals surface area contributed by atoms with E-state index < -0.39 is 0 Å². The summed E-state index contributed by atoms with van der Waals surface area (Å²) in [6.07, 6.45) is 6.47. The largest absolute Gasteiger partial charge is 0.368 e. The van der Waals surface area contributed by atoms with Crippen molar-refractivity contribution < 1.29 is 9.53 Å². The summed E-state index contributed by atoms with van der Waals surface area (Å²) in [4.78, 5) is 24.0. The van der Waals surface area contributed by atoms with Crippen molar-refractivity contribution in [2.24, 2.45) is 5.92 Å². The van der Waals surface area contributed by atoms with E-state index in [0.29, 0.717) is 5.92 Å². The highest BCUT2D eigenvalue weighted by molar-refractivity contribution is 5.77. The predicted octanol–water partition coefficient (Wildman–Crippen LogP) is 0.156. The first-order chi connectivity index (χ1) is 9.72. The third-order valence-electron chi connectivity index (χ3n) is 4.12. The summed E-state index contributed by atoms with van der Waals surface area (Å²) in [6, 6.07) is 0. The van der Waals surface area contributed by atoms with E-state index in [1.165, 1.54) is 0 Å². The molecule has 2 aliphatic rings. The van der Waals surface area contributed by atoms with Crippen LogP contribution in [0.4, 0.5) is 0 Å². The molecule has 0 aliphatic carbocycles. The van der Waals surface area contributed by atoms with Crippen molar-refractivity contribution in [3.05, 3.63) is 24.3 Å². The average Bonchev–Trinajstić information content (AvgIpc) is 2.60. The Labute approximate surface area is 118 Å². The van der Waals surface area contributed by atoms with Gasteiger partial charge in [0.05, 0.1) is 6.10 Å². The molecule has 1 amide bonds. The van der Waals surface area contributed by atoms with Crippen molar-refractivity contribution in [3.63, 3.8) is 0 Å². The molecule has 2 fully saturated rings. The van der Waals surface area contributed by atoms with Crippen molar-refractivity contribution >= 4 is 5.91 Å². The van der Waals surface area contributed by atoms with Crippen LogP contribution in [-0.4, -0.2) is 65.1 Å². The molecule has 3 rings (SSSR count). The molecule has 0 spiro atoms. The highest BCUT2D eigenvalue weighted by Gasteiger charge is 2.34. The molecule has 2 aliphatic heterocycles. The number of rotatable bonds is 2. The maximum absolute atomic E-state index is 11.7. The van der Waals surface area contributed by atoms with E-state index in [4.69, 9.17) is 4.74 Å². The number of nitrogens with zero attached hydrogens (tertiary/aromatic N) is 4. The Morgan fingerprint density at radius 2 is 2.15 bits per heavy atom. The second-order valence-electron chi connectivity index (χ2n) is 5.65. The Morgan fingerprint density at radius 1 is 1.35 bits per heavy atom. The average molecular weight is 276 g/mol. The van der Waals surface area contributed by atoms with Crippen LogP contribution in [0.15, 0.2) is 18.7 Å². The monoisotopic (exact) mass is 276 g/mol. The lowest BCUT2D eigenvalue weighted by Gasteiger charge is -2.37. The zero-order chi connectivity index (χ0) is 13.9. The third kappa shape index (κ3) is 2.96. The summed E-state index contributed by atoms with van der Waals surface area (Å²) in [6.45, 7) is 3.82. The van der Waals surface area contributed by atoms with Gasteiger partial charge < -0.3 is 9.64 Å². The minimum absolute atomic E-state index is 0.0856. The molecule has 0 aromatic carbocycles. The maximum atomic E-state index is 11.7. The number of hydrogen-bond donors (Lipinski definition) is 0. The molecule has 6 heteroatoms. The Hall–Kier alpha value is -1.53. The standard InChI is InChI=1S/C14H20N4O2/c1-17-7-12-8-18(6-11-4-15-10-16-5-11)3-2-13(12)20-9-14(17)19/h4-5,10,12-13H,2-3,6-9H2,1H3/t12-,13-/m0/s1. The molecule has 2 saturated heterocycles. The van der Waals surface area contributed by atoms with E-state index in [1.54, 1.807) is 11.2 Å². The molecule has 108 valence electrons. The van der Waals surface area contributed by atoms with E-state index in [-0.39, 0.29) is 18.6 Å². The van der Waals surface area contributed by atoms with Crippen LogP contribution in [-0.2, 0) is 16.1 Å². The van der Waals surface area contributed by atoms with Crippen LogP contribution in [0.2, 0.25) is 0 Å². The molecule has 0 bridgehead atoms. The van der Waals surface area contributed by atoms with Crippen molar-refractivity contribution in [2.75, 3.05) is 33.3 Å². The lowest BCUT2D eigenvalue weighted by Crippen LogP contribution is -2.46. The zero-order valence-corrected chi connectivity index (χ0v) is 11.7. The van der Waals surface area contributed by atoms with Gasteiger partial charge in [-0.3, -0.25) is 9.69 Å². The van der Waals surface area contributed by atoms with Gasteiger partial charge in [-0.2, -0.15) is 0 Å². The first kappa shape index (κ1) is 13.5. The highest BCUT2D eigenvalue weighted by atomic mass is 16.5. The fourth-order valence-corrected chi connectivity index (χ4v) is 3.04. The number of hydrogen-bond acceptors (Lipinski definition) is 5. The lowest BCUT2D eigenvalue weighted by molar-refractivity contribution is -0.133. The van der Waals surface area contributed by atoms with Crippen molar-refractivity contribution in [1.29, 1.82) is 0 Å².